The number of hydrogen-bond donors (Lipinski definition) is 2. The first kappa shape index (κ1) is 20.5. The van der Waals surface area contributed by atoms with Gasteiger partial charge in [-0.1, -0.05) is 42.5 Å². The van der Waals surface area contributed by atoms with Gasteiger partial charge in [0, 0.05) is 16.6 Å². The third kappa shape index (κ3) is 3.59. The number of amides is 2. The molecule has 3 aromatic carbocycles. The first-order valence-electron chi connectivity index (χ1n) is 8.91. The van der Waals surface area contributed by atoms with Gasteiger partial charge in [-0.15, -0.1) is 0 Å². The Hall–Kier alpha value is -2.78. The number of hydrogen-bond acceptors (Lipinski definition) is 5. The van der Waals surface area contributed by atoms with E-state index < -0.39 is 0 Å². The third-order valence-corrected chi connectivity index (χ3v) is 4.96. The first-order chi connectivity index (χ1) is 14.1. The summed E-state index contributed by atoms with van der Waals surface area (Å²) >= 11 is 4.92. The van der Waals surface area contributed by atoms with Crippen LogP contribution in [0.3, 0.4) is 0 Å². The number of fused-ring (bicyclic) bond motifs is 3. The number of carbonyl (C=O) groups excluding carboxylic acids is 2. The summed E-state index contributed by atoms with van der Waals surface area (Å²) in [6.45, 7) is 0. The number of rotatable bonds is 2. The molecule has 2 heterocycles. The van der Waals surface area contributed by atoms with Crippen molar-refractivity contribution in [2.24, 2.45) is 0 Å². The molecule has 0 saturated carbocycles. The van der Waals surface area contributed by atoms with Crippen molar-refractivity contribution in [2.45, 2.75) is 6.42 Å². The van der Waals surface area contributed by atoms with Gasteiger partial charge in [-0.2, -0.15) is 4.98 Å². The maximum absolute atomic E-state index is 13.0. The van der Waals surface area contributed by atoms with Gasteiger partial charge >= 0.3 is 34.4 Å². The van der Waals surface area contributed by atoms with E-state index in [2.05, 4.69) is 15.5 Å². The summed E-state index contributed by atoms with van der Waals surface area (Å²) in [4.78, 5) is 31.1. The second-order valence-corrected chi connectivity index (χ2v) is 6.96. The summed E-state index contributed by atoms with van der Waals surface area (Å²) in [6, 6.07) is 18.8. The molecule has 1 aromatic heterocycles. The Bertz CT molecular complexity index is 1350. The average Bonchev–Trinajstić information content (AvgIpc) is 3.10. The molecule has 1 aliphatic heterocycles. The molecular formula is C21H15N4NaO3S. The first-order valence-corrected chi connectivity index (χ1v) is 9.31. The van der Waals surface area contributed by atoms with Crippen molar-refractivity contribution in [1.29, 1.82) is 0 Å². The van der Waals surface area contributed by atoms with E-state index in [1.54, 1.807) is 11.0 Å². The van der Waals surface area contributed by atoms with Gasteiger partial charge in [0.05, 0.1) is 11.4 Å². The summed E-state index contributed by atoms with van der Waals surface area (Å²) in [6.07, 6.45) is -0.250. The van der Waals surface area contributed by atoms with Crippen LogP contribution in [0.5, 0.6) is 0 Å². The Kier molecular flexibility index (Phi) is 5.57. The molecule has 0 unspecified atom stereocenters. The Morgan fingerprint density at radius 2 is 1.90 bits per heavy atom. The molecule has 0 spiro atoms. The molecule has 2 N–H and O–H groups in total. The van der Waals surface area contributed by atoms with Gasteiger partial charge < -0.3 is 11.3 Å². The normalized spacial score (nSPS) is 13.4. The van der Waals surface area contributed by atoms with Gasteiger partial charge in [-0.05, 0) is 35.8 Å². The summed E-state index contributed by atoms with van der Waals surface area (Å²) in [5.74, 6) is -0.194. The molecule has 0 radical (unpaired) electrons. The molecule has 0 atom stereocenters. The summed E-state index contributed by atoms with van der Waals surface area (Å²) < 4.78 is 5.01. The molecule has 0 fully saturated rings. The van der Waals surface area contributed by atoms with Gasteiger partial charge in [0.15, 0.2) is 5.82 Å². The van der Waals surface area contributed by atoms with Gasteiger partial charge in [0.2, 0.25) is 11.8 Å². The van der Waals surface area contributed by atoms with Gasteiger partial charge in [-0.25, -0.2) is 5.16 Å². The van der Waals surface area contributed by atoms with Crippen molar-refractivity contribution >= 4 is 51.9 Å². The molecule has 0 bridgehead atoms. The monoisotopic (exact) mass is 426 g/mol. The van der Waals surface area contributed by atoms with Crippen LogP contribution in [-0.4, -0.2) is 22.0 Å². The van der Waals surface area contributed by atoms with E-state index in [0.29, 0.717) is 28.5 Å². The Morgan fingerprint density at radius 3 is 2.70 bits per heavy atom. The van der Waals surface area contributed by atoms with E-state index in [1.165, 1.54) is 0 Å². The predicted molar refractivity (Wildman–Crippen MR) is 113 cm³/mol. The SMILES string of the molecule is O=C1CC(=O)N(c2cccc(-c3nc(=S)o[nH]3)c2)c2ccc3ccccc3c2N1.[H-].[Na+]. The number of H-pyrrole nitrogens is 1. The zero-order chi connectivity index (χ0) is 20.0. The minimum atomic E-state index is -0.341. The van der Waals surface area contributed by atoms with Gasteiger partial charge in [0.1, 0.15) is 6.42 Å². The van der Waals surface area contributed by atoms with Crippen LogP contribution in [0.1, 0.15) is 7.85 Å². The van der Waals surface area contributed by atoms with E-state index >= 15 is 0 Å². The topological polar surface area (TPSA) is 91.2 Å². The summed E-state index contributed by atoms with van der Waals surface area (Å²) in [5.41, 5.74) is 2.55. The van der Waals surface area contributed by atoms with E-state index in [4.69, 9.17) is 16.7 Å². The van der Waals surface area contributed by atoms with Crippen LogP contribution in [0.2, 0.25) is 0 Å². The van der Waals surface area contributed by atoms with Crippen LogP contribution in [0, 0.1) is 4.84 Å². The predicted octanol–water partition coefficient (Wildman–Crippen LogP) is 1.68. The van der Waals surface area contributed by atoms with Crippen molar-refractivity contribution in [3.05, 3.63) is 65.5 Å². The number of nitrogens with one attached hydrogen (secondary N) is 2. The maximum atomic E-state index is 13.0. The van der Waals surface area contributed by atoms with Crippen molar-refractivity contribution in [3.8, 4) is 11.4 Å². The van der Waals surface area contributed by atoms with Crippen LogP contribution in [0.25, 0.3) is 22.2 Å². The molecular weight excluding hydrogens is 411 g/mol. The zero-order valence-electron chi connectivity index (χ0n) is 17.0. The molecule has 7 nitrogen and oxygen atoms in total. The average molecular weight is 426 g/mol. The second kappa shape index (κ2) is 8.16. The number of benzene rings is 3. The number of aromatic nitrogens is 2. The zero-order valence-corrected chi connectivity index (χ0v) is 18.8. The van der Waals surface area contributed by atoms with Crippen LogP contribution in [0.4, 0.5) is 17.1 Å². The molecule has 9 heteroatoms. The standard InChI is InChI=1S/C21H14N4O3S.Na.H/c26-17-11-18(27)25(14-6-3-5-13(10-14)20-23-21(29)28-24-20)16-9-8-12-4-1-2-7-15(12)19(16)22-17;;/h1-10H,11H2,(H,22,26)(H,23,24,29);;/q;+1;-1. The molecule has 1 aliphatic rings. The smallest absolute Gasteiger partial charge is 1.00 e. The van der Waals surface area contributed by atoms with Crippen molar-refractivity contribution in [3.63, 3.8) is 0 Å². The molecule has 144 valence electrons. The largest absolute Gasteiger partial charge is 1.00 e. The number of carbonyl (C=O) groups is 2. The van der Waals surface area contributed by atoms with E-state index in [0.717, 1.165) is 10.8 Å². The molecule has 0 saturated heterocycles. The number of anilines is 3. The Balaban J connectivity index is 0.00000136. The van der Waals surface area contributed by atoms with Crippen molar-refractivity contribution < 1.29 is 45.1 Å². The van der Waals surface area contributed by atoms with Crippen LogP contribution in [-0.2, 0) is 9.59 Å². The van der Waals surface area contributed by atoms with Crippen LogP contribution in [0.15, 0.2) is 65.2 Å². The molecule has 0 aliphatic carbocycles. The maximum Gasteiger partial charge on any atom is 1.00 e. The fourth-order valence-corrected chi connectivity index (χ4v) is 3.67. The van der Waals surface area contributed by atoms with Crippen LogP contribution >= 0.6 is 12.2 Å². The number of nitrogens with zero attached hydrogens (tertiary/aromatic N) is 2. The second-order valence-electron chi connectivity index (χ2n) is 6.62. The van der Waals surface area contributed by atoms with Gasteiger partial charge in [-0.3, -0.25) is 14.5 Å². The summed E-state index contributed by atoms with van der Waals surface area (Å²) in [5, 5.41) is 7.41. The molecule has 30 heavy (non-hydrogen) atoms. The van der Waals surface area contributed by atoms with E-state index in [1.807, 2.05) is 54.6 Å². The third-order valence-electron chi connectivity index (χ3n) is 4.79. The van der Waals surface area contributed by atoms with E-state index in [-0.39, 0.29) is 54.1 Å². The van der Waals surface area contributed by atoms with Crippen molar-refractivity contribution in [2.75, 3.05) is 10.2 Å². The fourth-order valence-electron chi connectivity index (χ4n) is 3.54. The van der Waals surface area contributed by atoms with Gasteiger partial charge in [0.25, 0.3) is 0 Å². The van der Waals surface area contributed by atoms with Crippen molar-refractivity contribution in [1.82, 2.24) is 10.1 Å². The Morgan fingerprint density at radius 1 is 1.07 bits per heavy atom. The minimum absolute atomic E-state index is 0. The quantitative estimate of drug-likeness (QED) is 0.289. The van der Waals surface area contributed by atoms with E-state index in [9.17, 15) is 9.59 Å². The van der Waals surface area contributed by atoms with Crippen LogP contribution < -0.4 is 39.8 Å². The fraction of sp³-hybridized carbons (Fsp3) is 0.0476. The Labute approximate surface area is 199 Å². The summed E-state index contributed by atoms with van der Waals surface area (Å²) in [7, 11) is 0. The molecule has 4 aromatic rings. The molecule has 2 amide bonds. The molecule has 5 rings (SSSR count). The minimum Gasteiger partial charge on any atom is -1.00 e. The number of aromatic amines is 1.